The molecule has 1 atom stereocenters. The summed E-state index contributed by atoms with van der Waals surface area (Å²) in [6.45, 7) is 4.83. The van der Waals surface area contributed by atoms with E-state index in [2.05, 4.69) is 11.9 Å². The number of hydrogen-bond acceptors (Lipinski definition) is 3. The van der Waals surface area contributed by atoms with E-state index < -0.39 is 0 Å². The summed E-state index contributed by atoms with van der Waals surface area (Å²) in [5.74, 6) is 0.842. The van der Waals surface area contributed by atoms with Crippen LogP contribution in [0, 0.1) is 0 Å². The molecule has 0 aliphatic rings. The fraction of sp³-hybridized carbons (Fsp3) is 0.222. The summed E-state index contributed by atoms with van der Waals surface area (Å²) < 4.78 is 5.64. The van der Waals surface area contributed by atoms with Gasteiger partial charge < -0.3 is 15.2 Å². The van der Waals surface area contributed by atoms with E-state index in [0.29, 0.717) is 13.2 Å². The van der Waals surface area contributed by atoms with Gasteiger partial charge in [-0.25, -0.2) is 0 Å². The van der Waals surface area contributed by atoms with Crippen molar-refractivity contribution in [3.63, 3.8) is 0 Å². The van der Waals surface area contributed by atoms with Gasteiger partial charge >= 0.3 is 0 Å². The van der Waals surface area contributed by atoms with Crippen molar-refractivity contribution < 1.29 is 9.84 Å². The molecule has 2 aromatic rings. The van der Waals surface area contributed by atoms with Gasteiger partial charge in [0.2, 0.25) is 0 Å². The molecule has 0 heterocycles. The van der Waals surface area contributed by atoms with Crippen LogP contribution in [0.25, 0.3) is 0 Å². The topological polar surface area (TPSA) is 41.5 Å². The summed E-state index contributed by atoms with van der Waals surface area (Å²) in [4.78, 5) is 0. The molecule has 0 aromatic heterocycles. The Labute approximate surface area is 125 Å². The van der Waals surface area contributed by atoms with E-state index >= 15 is 0 Å². The van der Waals surface area contributed by atoms with Crippen molar-refractivity contribution in [2.45, 2.75) is 12.6 Å². The molecule has 21 heavy (non-hydrogen) atoms. The monoisotopic (exact) mass is 283 g/mol. The Balaban J connectivity index is 2.03. The molecule has 0 saturated heterocycles. The lowest BCUT2D eigenvalue weighted by Crippen LogP contribution is -2.24. The third-order valence-electron chi connectivity index (χ3n) is 3.25. The van der Waals surface area contributed by atoms with Crippen molar-refractivity contribution in [1.82, 2.24) is 5.32 Å². The number of rotatable bonds is 8. The zero-order chi connectivity index (χ0) is 14.9. The summed E-state index contributed by atoms with van der Waals surface area (Å²) in [5, 5.41) is 12.9. The Morgan fingerprint density at radius 3 is 2.52 bits per heavy atom. The maximum atomic E-state index is 9.56. The average Bonchev–Trinajstić information content (AvgIpc) is 2.55. The molecule has 0 aliphatic carbocycles. The number of aliphatic hydroxyl groups is 1. The first-order valence-corrected chi connectivity index (χ1v) is 7.06. The molecule has 0 bridgehead atoms. The minimum Gasteiger partial charge on any atom is -0.489 e. The van der Waals surface area contributed by atoms with Gasteiger partial charge in [-0.2, -0.15) is 0 Å². The zero-order valence-electron chi connectivity index (χ0n) is 12.0. The summed E-state index contributed by atoms with van der Waals surface area (Å²) in [6.07, 6.45) is 1.73. The van der Waals surface area contributed by atoms with Crippen LogP contribution < -0.4 is 10.1 Å². The first kappa shape index (κ1) is 15.3. The van der Waals surface area contributed by atoms with E-state index in [4.69, 9.17) is 4.74 Å². The highest BCUT2D eigenvalue weighted by Crippen LogP contribution is 2.19. The summed E-state index contributed by atoms with van der Waals surface area (Å²) >= 11 is 0. The van der Waals surface area contributed by atoms with Gasteiger partial charge in [0, 0.05) is 12.1 Å². The van der Waals surface area contributed by atoms with Gasteiger partial charge in [-0.1, -0.05) is 61.2 Å². The van der Waals surface area contributed by atoms with Crippen LogP contribution in [-0.4, -0.2) is 18.3 Å². The van der Waals surface area contributed by atoms with Gasteiger partial charge in [-0.15, -0.1) is 0 Å². The number of ether oxygens (including phenoxy) is 1. The molecule has 2 N–H and O–H groups in total. The fourth-order valence-electron chi connectivity index (χ4n) is 2.15. The molecule has 110 valence electrons. The second kappa shape index (κ2) is 8.25. The van der Waals surface area contributed by atoms with E-state index in [1.807, 2.05) is 54.6 Å². The maximum absolute atomic E-state index is 9.56. The van der Waals surface area contributed by atoms with Crippen LogP contribution in [0.2, 0.25) is 0 Å². The van der Waals surface area contributed by atoms with E-state index in [0.717, 1.165) is 16.9 Å². The zero-order valence-corrected chi connectivity index (χ0v) is 12.0. The lowest BCUT2D eigenvalue weighted by molar-refractivity contribution is 0.243. The van der Waals surface area contributed by atoms with Crippen LogP contribution in [0.3, 0.4) is 0 Å². The second-order valence-corrected chi connectivity index (χ2v) is 4.73. The van der Waals surface area contributed by atoms with E-state index in [-0.39, 0.29) is 12.6 Å². The molecule has 3 heteroatoms. The average molecular weight is 283 g/mol. The number of aliphatic hydroxyl groups excluding tert-OH is 1. The van der Waals surface area contributed by atoms with E-state index in [9.17, 15) is 5.11 Å². The molecule has 2 aromatic carbocycles. The number of benzene rings is 2. The Bertz CT molecular complexity index is 554. The van der Waals surface area contributed by atoms with Gasteiger partial charge in [0.25, 0.3) is 0 Å². The molecule has 0 aliphatic heterocycles. The molecule has 0 spiro atoms. The van der Waals surface area contributed by atoms with Crippen LogP contribution in [-0.2, 0) is 6.54 Å². The standard InChI is InChI=1S/C18H21NO2/c1-2-12-21-18-11-7-6-10-16(18)13-19-17(14-20)15-8-4-3-5-9-15/h2-11,17,19-20H,1,12-14H2. The number of nitrogens with one attached hydrogen (secondary N) is 1. The highest BCUT2D eigenvalue weighted by Gasteiger charge is 2.10. The molecule has 0 amide bonds. The normalized spacial score (nSPS) is 11.9. The SMILES string of the molecule is C=CCOc1ccccc1CNC(CO)c1ccccc1. The number of hydrogen-bond donors (Lipinski definition) is 2. The third-order valence-corrected chi connectivity index (χ3v) is 3.25. The molecule has 0 fully saturated rings. The minimum absolute atomic E-state index is 0.0553. The van der Waals surface area contributed by atoms with Crippen LogP contribution in [0.15, 0.2) is 67.3 Å². The molecular formula is C18H21NO2. The maximum Gasteiger partial charge on any atom is 0.124 e. The van der Waals surface area contributed by atoms with Crippen molar-refractivity contribution in [2.75, 3.05) is 13.2 Å². The highest BCUT2D eigenvalue weighted by molar-refractivity contribution is 5.33. The quantitative estimate of drug-likeness (QED) is 0.732. The van der Waals surface area contributed by atoms with Crippen molar-refractivity contribution in [3.8, 4) is 5.75 Å². The van der Waals surface area contributed by atoms with Gasteiger partial charge in [-0.05, 0) is 11.6 Å². The van der Waals surface area contributed by atoms with Gasteiger partial charge in [-0.3, -0.25) is 0 Å². The molecular weight excluding hydrogens is 262 g/mol. The van der Waals surface area contributed by atoms with Crippen LogP contribution in [0.5, 0.6) is 5.75 Å². The lowest BCUT2D eigenvalue weighted by Gasteiger charge is -2.18. The van der Waals surface area contributed by atoms with Crippen molar-refractivity contribution in [2.24, 2.45) is 0 Å². The fourth-order valence-corrected chi connectivity index (χ4v) is 2.15. The Hall–Kier alpha value is -2.10. The van der Waals surface area contributed by atoms with E-state index in [1.54, 1.807) is 6.08 Å². The van der Waals surface area contributed by atoms with Crippen LogP contribution in [0.1, 0.15) is 17.2 Å². The summed E-state index contributed by atoms with van der Waals surface area (Å²) in [5.41, 5.74) is 2.14. The Morgan fingerprint density at radius 1 is 1.10 bits per heavy atom. The van der Waals surface area contributed by atoms with Crippen LogP contribution >= 0.6 is 0 Å². The third kappa shape index (κ3) is 4.45. The molecule has 0 radical (unpaired) electrons. The van der Waals surface area contributed by atoms with Crippen molar-refractivity contribution >= 4 is 0 Å². The molecule has 0 saturated carbocycles. The van der Waals surface area contributed by atoms with Crippen molar-refractivity contribution in [3.05, 3.63) is 78.4 Å². The first-order chi connectivity index (χ1) is 10.3. The van der Waals surface area contributed by atoms with Crippen LogP contribution in [0.4, 0.5) is 0 Å². The lowest BCUT2D eigenvalue weighted by atomic mass is 10.1. The largest absolute Gasteiger partial charge is 0.489 e. The van der Waals surface area contributed by atoms with Gasteiger partial charge in [0.1, 0.15) is 12.4 Å². The number of para-hydroxylation sites is 1. The Kier molecular flexibility index (Phi) is 6.00. The summed E-state index contributed by atoms with van der Waals surface area (Å²) in [6, 6.07) is 17.7. The molecule has 3 nitrogen and oxygen atoms in total. The Morgan fingerprint density at radius 2 is 1.81 bits per heavy atom. The smallest absolute Gasteiger partial charge is 0.124 e. The predicted molar refractivity (Wildman–Crippen MR) is 85.2 cm³/mol. The highest BCUT2D eigenvalue weighted by atomic mass is 16.5. The van der Waals surface area contributed by atoms with Gasteiger partial charge in [0.05, 0.1) is 12.6 Å². The van der Waals surface area contributed by atoms with Crippen molar-refractivity contribution in [1.29, 1.82) is 0 Å². The predicted octanol–water partition coefficient (Wildman–Crippen LogP) is 3.07. The molecule has 1 unspecified atom stereocenters. The first-order valence-electron chi connectivity index (χ1n) is 7.06. The second-order valence-electron chi connectivity index (χ2n) is 4.73. The summed E-state index contributed by atoms with van der Waals surface area (Å²) in [7, 11) is 0. The van der Waals surface area contributed by atoms with Gasteiger partial charge in [0.15, 0.2) is 0 Å². The van der Waals surface area contributed by atoms with E-state index in [1.165, 1.54) is 0 Å². The molecule has 2 rings (SSSR count). The minimum atomic E-state index is -0.0846.